The average Bonchev–Trinajstić information content (AvgIpc) is 2.84. The molecule has 0 spiro atoms. The topological polar surface area (TPSA) is 79.2 Å². The number of nitrogens with zero attached hydrogens (tertiary/aromatic N) is 1. The molecule has 0 heterocycles. The first kappa shape index (κ1) is 26.0. The molecule has 0 saturated heterocycles. The van der Waals surface area contributed by atoms with Gasteiger partial charge >= 0.3 is 5.97 Å². The Morgan fingerprint density at radius 2 is 1.63 bits per heavy atom. The van der Waals surface area contributed by atoms with Crippen molar-refractivity contribution in [2.24, 2.45) is 5.92 Å². The van der Waals surface area contributed by atoms with Gasteiger partial charge in [0, 0.05) is 13.0 Å². The van der Waals surface area contributed by atoms with Crippen molar-refractivity contribution < 1.29 is 42.0 Å². The molecule has 0 saturated carbocycles. The van der Waals surface area contributed by atoms with E-state index in [1.165, 1.54) is 37.4 Å². The fraction of sp³-hybridized carbons (Fsp3) is 0.240. The summed E-state index contributed by atoms with van der Waals surface area (Å²) in [4.78, 5) is 12.8. The number of anilines is 2. The quantitative estimate of drug-likeness (QED) is 0.326. The summed E-state index contributed by atoms with van der Waals surface area (Å²) >= 11 is 0. The van der Waals surface area contributed by atoms with Crippen molar-refractivity contribution >= 4 is 17.3 Å². The van der Waals surface area contributed by atoms with Crippen LogP contribution in [0.4, 0.5) is 28.9 Å². The number of esters is 1. The monoisotopic (exact) mass is 493 g/mol. The zero-order valence-electron chi connectivity index (χ0n) is 18.7. The maximum absolute atomic E-state index is 15.2. The lowest BCUT2D eigenvalue weighted by Crippen LogP contribution is -2.23. The third kappa shape index (κ3) is 6.28. The highest BCUT2D eigenvalue weighted by Gasteiger charge is 2.23. The summed E-state index contributed by atoms with van der Waals surface area (Å²) in [7, 11) is 1.25. The van der Waals surface area contributed by atoms with E-state index in [2.05, 4.69) is 0 Å². The van der Waals surface area contributed by atoms with Gasteiger partial charge < -0.3 is 24.6 Å². The van der Waals surface area contributed by atoms with E-state index in [1.54, 1.807) is 6.07 Å². The maximum Gasteiger partial charge on any atom is 0.344 e. The molecule has 0 radical (unpaired) electrons. The SMILES string of the molecule is CN(c1cc(-c2cccc(F)c2)ccc1F)c1c(F)ccc(OCC(=O)OCC(CO)CO)c1F. The molecular formula is C25H23F4NO5. The van der Waals surface area contributed by atoms with Gasteiger partial charge in [0.1, 0.15) is 23.1 Å². The lowest BCUT2D eigenvalue weighted by Gasteiger charge is -2.23. The molecule has 6 nitrogen and oxygen atoms in total. The molecule has 0 aliphatic rings. The Labute approximate surface area is 198 Å². The van der Waals surface area contributed by atoms with E-state index >= 15 is 4.39 Å². The van der Waals surface area contributed by atoms with Crippen LogP contribution < -0.4 is 9.64 Å². The molecule has 2 N–H and O–H groups in total. The summed E-state index contributed by atoms with van der Waals surface area (Å²) in [5.41, 5.74) is 0.0561. The van der Waals surface area contributed by atoms with Crippen molar-refractivity contribution in [2.45, 2.75) is 0 Å². The number of ether oxygens (including phenoxy) is 2. The molecule has 0 fully saturated rings. The molecule has 3 aromatic rings. The van der Waals surface area contributed by atoms with Crippen LogP contribution in [-0.4, -0.2) is 49.7 Å². The number of aliphatic hydroxyl groups is 2. The Morgan fingerprint density at radius 3 is 2.31 bits per heavy atom. The molecule has 186 valence electrons. The van der Waals surface area contributed by atoms with Crippen LogP contribution in [0.5, 0.6) is 5.75 Å². The van der Waals surface area contributed by atoms with E-state index in [0.717, 1.165) is 23.1 Å². The van der Waals surface area contributed by atoms with Crippen LogP contribution in [0.15, 0.2) is 54.6 Å². The van der Waals surface area contributed by atoms with Crippen molar-refractivity contribution in [1.29, 1.82) is 0 Å². The summed E-state index contributed by atoms with van der Waals surface area (Å²) in [6.45, 7) is -1.79. The van der Waals surface area contributed by atoms with E-state index in [1.807, 2.05) is 0 Å². The van der Waals surface area contributed by atoms with Gasteiger partial charge in [0.15, 0.2) is 18.2 Å². The van der Waals surface area contributed by atoms with E-state index in [4.69, 9.17) is 19.7 Å². The second-order valence-electron chi connectivity index (χ2n) is 7.65. The summed E-state index contributed by atoms with van der Waals surface area (Å²) in [5.74, 6) is -5.50. The summed E-state index contributed by atoms with van der Waals surface area (Å²) in [5, 5.41) is 18.0. The fourth-order valence-electron chi connectivity index (χ4n) is 3.23. The Kier molecular flexibility index (Phi) is 8.67. The third-order valence-electron chi connectivity index (χ3n) is 5.17. The lowest BCUT2D eigenvalue weighted by atomic mass is 10.0. The highest BCUT2D eigenvalue weighted by Crippen LogP contribution is 2.37. The zero-order valence-corrected chi connectivity index (χ0v) is 18.7. The molecule has 3 rings (SSSR count). The first-order valence-electron chi connectivity index (χ1n) is 10.5. The number of carbonyl (C=O) groups is 1. The minimum atomic E-state index is -1.18. The van der Waals surface area contributed by atoms with Crippen LogP contribution in [0.3, 0.4) is 0 Å². The Morgan fingerprint density at radius 1 is 0.943 bits per heavy atom. The van der Waals surface area contributed by atoms with E-state index in [0.29, 0.717) is 11.1 Å². The molecule has 10 heteroatoms. The highest BCUT2D eigenvalue weighted by molar-refractivity contribution is 5.74. The molecule has 0 amide bonds. The van der Waals surface area contributed by atoms with Crippen molar-refractivity contribution in [3.63, 3.8) is 0 Å². The predicted octanol–water partition coefficient (Wildman–Crippen LogP) is 4.20. The van der Waals surface area contributed by atoms with E-state index < -0.39 is 66.4 Å². The van der Waals surface area contributed by atoms with Crippen LogP contribution in [-0.2, 0) is 9.53 Å². The number of rotatable bonds is 10. The largest absolute Gasteiger partial charge is 0.479 e. The average molecular weight is 493 g/mol. The number of hydrogen-bond donors (Lipinski definition) is 2. The zero-order chi connectivity index (χ0) is 25.5. The number of carbonyl (C=O) groups excluding carboxylic acids is 1. The van der Waals surface area contributed by atoms with Crippen LogP contribution in [0.2, 0.25) is 0 Å². The second kappa shape index (κ2) is 11.7. The molecule has 0 bridgehead atoms. The van der Waals surface area contributed by atoms with Crippen LogP contribution in [0, 0.1) is 29.2 Å². The molecule has 0 aromatic heterocycles. The van der Waals surface area contributed by atoms with E-state index in [-0.39, 0.29) is 12.3 Å². The van der Waals surface area contributed by atoms with E-state index in [9.17, 15) is 18.0 Å². The van der Waals surface area contributed by atoms with Crippen molar-refractivity contribution in [2.75, 3.05) is 38.4 Å². The van der Waals surface area contributed by atoms with Gasteiger partial charge in [-0.3, -0.25) is 0 Å². The number of halogens is 4. The highest BCUT2D eigenvalue weighted by atomic mass is 19.1. The van der Waals surface area contributed by atoms with Gasteiger partial charge in [0.2, 0.25) is 0 Å². The van der Waals surface area contributed by atoms with Gasteiger partial charge in [-0.15, -0.1) is 0 Å². The summed E-state index contributed by atoms with van der Waals surface area (Å²) < 4.78 is 68.0. The summed E-state index contributed by atoms with van der Waals surface area (Å²) in [6, 6.07) is 11.3. The first-order valence-corrected chi connectivity index (χ1v) is 10.5. The lowest BCUT2D eigenvalue weighted by molar-refractivity contribution is -0.148. The molecular weight excluding hydrogens is 470 g/mol. The third-order valence-corrected chi connectivity index (χ3v) is 5.17. The molecule has 35 heavy (non-hydrogen) atoms. The fourth-order valence-corrected chi connectivity index (χ4v) is 3.23. The maximum atomic E-state index is 15.2. The normalized spacial score (nSPS) is 11.0. The van der Waals surface area contributed by atoms with Gasteiger partial charge in [0.25, 0.3) is 0 Å². The first-order chi connectivity index (χ1) is 16.7. The van der Waals surface area contributed by atoms with Gasteiger partial charge in [0.05, 0.1) is 25.5 Å². The van der Waals surface area contributed by atoms with Gasteiger partial charge in [-0.2, -0.15) is 0 Å². The Hall–Kier alpha value is -3.63. The van der Waals surface area contributed by atoms with Gasteiger partial charge in [-0.25, -0.2) is 22.4 Å². The molecule has 0 unspecified atom stereocenters. The molecule has 0 atom stereocenters. The number of hydrogen-bond acceptors (Lipinski definition) is 6. The van der Waals surface area contributed by atoms with Crippen LogP contribution in [0.25, 0.3) is 11.1 Å². The minimum absolute atomic E-state index is 0.180. The smallest absolute Gasteiger partial charge is 0.344 e. The number of benzene rings is 3. The van der Waals surface area contributed by atoms with Gasteiger partial charge in [-0.1, -0.05) is 18.2 Å². The minimum Gasteiger partial charge on any atom is -0.479 e. The van der Waals surface area contributed by atoms with Crippen molar-refractivity contribution in [3.05, 3.63) is 77.9 Å². The van der Waals surface area contributed by atoms with Crippen LogP contribution in [0.1, 0.15) is 0 Å². The predicted molar refractivity (Wildman–Crippen MR) is 120 cm³/mol. The van der Waals surface area contributed by atoms with Crippen molar-refractivity contribution in [3.8, 4) is 16.9 Å². The molecule has 3 aromatic carbocycles. The van der Waals surface area contributed by atoms with Crippen LogP contribution >= 0.6 is 0 Å². The Bertz CT molecular complexity index is 1190. The number of aliphatic hydroxyl groups excluding tert-OH is 2. The van der Waals surface area contributed by atoms with Gasteiger partial charge in [-0.05, 0) is 47.5 Å². The standard InChI is InChI=1S/C25H23F4NO5/c1-30(21-10-17(5-6-19(21)27)16-3-2-4-18(26)9-16)25-20(28)7-8-22(24(25)29)34-14-23(33)35-13-15(11-31)12-32/h2-10,15,31-32H,11-14H2,1H3. The van der Waals surface area contributed by atoms with Crippen molar-refractivity contribution in [1.82, 2.24) is 0 Å². The second-order valence-corrected chi connectivity index (χ2v) is 7.65. The Balaban J connectivity index is 1.83. The molecule has 0 aliphatic heterocycles. The molecule has 0 aliphatic carbocycles. The summed E-state index contributed by atoms with van der Waals surface area (Å²) in [6.07, 6.45) is 0.